The Balaban J connectivity index is 1.99. The Morgan fingerprint density at radius 3 is 2.88 bits per heavy atom. The molecule has 2 N–H and O–H groups in total. The number of rotatable bonds is 3. The topological polar surface area (TPSA) is 57.8 Å². The molecule has 0 aliphatic carbocycles. The number of nitrogens with one attached hydrogen (secondary N) is 2. The molecule has 0 atom stereocenters. The Morgan fingerprint density at radius 2 is 2.24 bits per heavy atom. The largest absolute Gasteiger partial charge is 0.347 e. The summed E-state index contributed by atoms with van der Waals surface area (Å²) in [4.78, 5) is 18.4. The van der Waals surface area contributed by atoms with Crippen LogP contribution in [0.1, 0.15) is 21.9 Å². The predicted molar refractivity (Wildman–Crippen MR) is 60.9 cm³/mol. The summed E-state index contributed by atoms with van der Waals surface area (Å²) >= 11 is 0. The molecule has 4 nitrogen and oxygen atoms in total. The van der Waals surface area contributed by atoms with Crippen molar-refractivity contribution in [1.82, 2.24) is 15.3 Å². The molecule has 0 aliphatic rings. The summed E-state index contributed by atoms with van der Waals surface area (Å²) in [6.07, 6.45) is 1.45. The molecular weight excluding hydrogens is 221 g/mol. The monoisotopic (exact) mass is 233 g/mol. The maximum absolute atomic E-state index is 13.3. The van der Waals surface area contributed by atoms with Gasteiger partial charge in [0.25, 0.3) is 5.91 Å². The average molecular weight is 233 g/mol. The molecule has 0 aliphatic heterocycles. The molecule has 1 aromatic carbocycles. The van der Waals surface area contributed by atoms with Crippen LogP contribution in [0.5, 0.6) is 0 Å². The number of hydrogen-bond acceptors (Lipinski definition) is 2. The lowest BCUT2D eigenvalue weighted by Gasteiger charge is -2.04. The Morgan fingerprint density at radius 1 is 1.47 bits per heavy atom. The van der Waals surface area contributed by atoms with Crippen molar-refractivity contribution in [3.63, 3.8) is 0 Å². The van der Waals surface area contributed by atoms with Gasteiger partial charge in [0.1, 0.15) is 17.3 Å². The first-order chi connectivity index (χ1) is 8.16. The normalized spacial score (nSPS) is 10.2. The predicted octanol–water partition coefficient (Wildman–Crippen LogP) is 1.79. The molecule has 88 valence electrons. The van der Waals surface area contributed by atoms with E-state index in [0.29, 0.717) is 17.1 Å². The standard InChI is InChI=1S/C12H12FN3O/c1-8-14-7-11(16-8)12(17)15-6-9-4-2-3-5-10(9)13/h2-5,7H,6H2,1H3,(H,14,16)(H,15,17). The fraction of sp³-hybridized carbons (Fsp3) is 0.167. The fourth-order valence-electron chi connectivity index (χ4n) is 1.45. The third-order valence-corrected chi connectivity index (χ3v) is 2.34. The third kappa shape index (κ3) is 2.69. The van der Waals surface area contributed by atoms with Gasteiger partial charge >= 0.3 is 0 Å². The van der Waals surface area contributed by atoms with Crippen molar-refractivity contribution in [3.05, 3.63) is 53.4 Å². The fourth-order valence-corrected chi connectivity index (χ4v) is 1.45. The Labute approximate surface area is 97.9 Å². The van der Waals surface area contributed by atoms with Gasteiger partial charge in [-0.15, -0.1) is 0 Å². The van der Waals surface area contributed by atoms with E-state index in [4.69, 9.17) is 0 Å². The van der Waals surface area contributed by atoms with E-state index in [9.17, 15) is 9.18 Å². The van der Waals surface area contributed by atoms with Crippen LogP contribution in [-0.2, 0) is 6.54 Å². The number of hydrogen-bond donors (Lipinski definition) is 2. The molecule has 1 amide bonds. The van der Waals surface area contributed by atoms with Gasteiger partial charge in [-0.25, -0.2) is 9.37 Å². The van der Waals surface area contributed by atoms with E-state index in [2.05, 4.69) is 15.3 Å². The zero-order chi connectivity index (χ0) is 12.3. The number of halogens is 1. The second-order valence-electron chi connectivity index (χ2n) is 3.66. The van der Waals surface area contributed by atoms with E-state index >= 15 is 0 Å². The number of amides is 1. The van der Waals surface area contributed by atoms with Gasteiger partial charge in [0.15, 0.2) is 0 Å². The first-order valence-electron chi connectivity index (χ1n) is 5.20. The molecule has 0 saturated carbocycles. The summed E-state index contributed by atoms with van der Waals surface area (Å²) in [5.74, 6) is 0.0449. The number of H-pyrrole nitrogens is 1. The number of imidazole rings is 1. The first kappa shape index (κ1) is 11.3. The lowest BCUT2D eigenvalue weighted by Crippen LogP contribution is -2.23. The van der Waals surface area contributed by atoms with Crippen LogP contribution in [0.25, 0.3) is 0 Å². The van der Waals surface area contributed by atoms with Crippen LogP contribution in [0.4, 0.5) is 4.39 Å². The van der Waals surface area contributed by atoms with Crippen molar-refractivity contribution in [2.45, 2.75) is 13.5 Å². The highest BCUT2D eigenvalue weighted by atomic mass is 19.1. The molecule has 17 heavy (non-hydrogen) atoms. The van der Waals surface area contributed by atoms with Gasteiger partial charge in [-0.05, 0) is 13.0 Å². The van der Waals surface area contributed by atoms with Crippen LogP contribution >= 0.6 is 0 Å². The van der Waals surface area contributed by atoms with Crippen molar-refractivity contribution in [1.29, 1.82) is 0 Å². The number of carbonyl (C=O) groups excluding carboxylic acids is 1. The highest BCUT2D eigenvalue weighted by molar-refractivity contribution is 5.92. The van der Waals surface area contributed by atoms with Gasteiger partial charge < -0.3 is 10.3 Å². The molecule has 2 rings (SSSR count). The van der Waals surface area contributed by atoms with E-state index < -0.39 is 0 Å². The van der Waals surface area contributed by atoms with Gasteiger partial charge in [-0.1, -0.05) is 18.2 Å². The summed E-state index contributed by atoms with van der Waals surface area (Å²) in [5.41, 5.74) is 0.830. The second kappa shape index (κ2) is 4.78. The Kier molecular flexibility index (Phi) is 3.18. The van der Waals surface area contributed by atoms with Crippen LogP contribution < -0.4 is 5.32 Å². The molecule has 1 aromatic heterocycles. The quantitative estimate of drug-likeness (QED) is 0.849. The summed E-state index contributed by atoms with van der Waals surface area (Å²) in [7, 11) is 0. The molecule has 0 bridgehead atoms. The van der Waals surface area contributed by atoms with Crippen molar-refractivity contribution in [3.8, 4) is 0 Å². The molecule has 0 spiro atoms. The lowest BCUT2D eigenvalue weighted by molar-refractivity contribution is 0.0946. The van der Waals surface area contributed by atoms with Crippen LogP contribution in [0.2, 0.25) is 0 Å². The SMILES string of the molecule is Cc1ncc(C(=O)NCc2ccccc2F)[nH]1. The highest BCUT2D eigenvalue weighted by Gasteiger charge is 2.08. The molecule has 1 heterocycles. The zero-order valence-electron chi connectivity index (χ0n) is 9.33. The van der Waals surface area contributed by atoms with Gasteiger partial charge in [0.2, 0.25) is 0 Å². The molecule has 0 radical (unpaired) electrons. The summed E-state index contributed by atoms with van der Waals surface area (Å²) in [5, 5.41) is 2.62. The molecule has 5 heteroatoms. The van der Waals surface area contributed by atoms with Gasteiger partial charge in [0, 0.05) is 12.1 Å². The minimum Gasteiger partial charge on any atom is -0.347 e. The molecule has 2 aromatic rings. The van der Waals surface area contributed by atoms with Crippen molar-refractivity contribution < 1.29 is 9.18 Å². The van der Waals surface area contributed by atoms with Gasteiger partial charge in [0.05, 0.1) is 6.20 Å². The van der Waals surface area contributed by atoms with Crippen molar-refractivity contribution in [2.24, 2.45) is 0 Å². The maximum atomic E-state index is 13.3. The van der Waals surface area contributed by atoms with Gasteiger partial charge in [-0.3, -0.25) is 4.79 Å². The zero-order valence-corrected chi connectivity index (χ0v) is 9.33. The smallest absolute Gasteiger partial charge is 0.269 e. The number of nitrogens with zero attached hydrogens (tertiary/aromatic N) is 1. The van der Waals surface area contributed by atoms with E-state index in [1.54, 1.807) is 25.1 Å². The van der Waals surface area contributed by atoms with E-state index in [1.807, 2.05) is 0 Å². The molecule has 0 saturated heterocycles. The Bertz CT molecular complexity index is 536. The van der Waals surface area contributed by atoms with E-state index in [-0.39, 0.29) is 18.3 Å². The summed E-state index contributed by atoms with van der Waals surface area (Å²) in [6, 6.07) is 6.33. The number of aryl methyl sites for hydroxylation is 1. The molecule has 0 unspecified atom stereocenters. The Hall–Kier alpha value is -2.17. The molecule has 0 fully saturated rings. The van der Waals surface area contributed by atoms with E-state index in [0.717, 1.165) is 0 Å². The minimum absolute atomic E-state index is 0.156. The van der Waals surface area contributed by atoms with Crippen molar-refractivity contribution in [2.75, 3.05) is 0 Å². The number of aromatic amines is 1. The maximum Gasteiger partial charge on any atom is 0.269 e. The van der Waals surface area contributed by atoms with Crippen LogP contribution in [0.15, 0.2) is 30.5 Å². The highest BCUT2D eigenvalue weighted by Crippen LogP contribution is 2.06. The van der Waals surface area contributed by atoms with Crippen LogP contribution in [-0.4, -0.2) is 15.9 Å². The lowest BCUT2D eigenvalue weighted by atomic mass is 10.2. The first-order valence-corrected chi connectivity index (χ1v) is 5.20. The van der Waals surface area contributed by atoms with Crippen LogP contribution in [0.3, 0.4) is 0 Å². The van der Waals surface area contributed by atoms with Crippen LogP contribution in [0, 0.1) is 12.7 Å². The van der Waals surface area contributed by atoms with E-state index in [1.165, 1.54) is 12.3 Å². The second-order valence-corrected chi connectivity index (χ2v) is 3.66. The number of benzene rings is 1. The summed E-state index contributed by atoms with van der Waals surface area (Å²) in [6.45, 7) is 1.91. The minimum atomic E-state index is -0.325. The molecular formula is C12H12FN3O. The summed E-state index contributed by atoms with van der Waals surface area (Å²) < 4.78 is 13.3. The third-order valence-electron chi connectivity index (χ3n) is 2.34. The van der Waals surface area contributed by atoms with Gasteiger partial charge in [-0.2, -0.15) is 0 Å². The number of aromatic nitrogens is 2. The average Bonchev–Trinajstić information content (AvgIpc) is 2.74. The van der Waals surface area contributed by atoms with Crippen molar-refractivity contribution >= 4 is 5.91 Å². The number of carbonyl (C=O) groups is 1.